The minimum absolute atomic E-state index is 0.0455. The fraction of sp³-hybridized carbons (Fsp3) is 0.571. The van der Waals surface area contributed by atoms with E-state index in [9.17, 15) is 13.5 Å². The van der Waals surface area contributed by atoms with Crippen molar-refractivity contribution < 1.29 is 13.5 Å². The predicted octanol–water partition coefficient (Wildman–Crippen LogP) is 0.755. The molecule has 1 aromatic carbocycles. The van der Waals surface area contributed by atoms with Crippen molar-refractivity contribution in [2.45, 2.75) is 38.0 Å². The third-order valence-electron chi connectivity index (χ3n) is 3.53. The molecule has 2 N–H and O–H groups in total. The first-order valence-corrected chi connectivity index (χ1v) is 8.47. The van der Waals surface area contributed by atoms with Crippen LogP contribution in [0.25, 0.3) is 0 Å². The first-order valence-electron chi connectivity index (χ1n) is 6.65. The van der Waals surface area contributed by atoms with Crippen LogP contribution in [0.5, 0.6) is 0 Å². The van der Waals surface area contributed by atoms with Gasteiger partial charge in [0.2, 0.25) is 0 Å². The Bertz CT molecular complexity index is 501. The molecule has 1 fully saturated rings. The normalized spacial score (nSPS) is 27.3. The van der Waals surface area contributed by atoms with Gasteiger partial charge in [0.05, 0.1) is 17.6 Å². The summed E-state index contributed by atoms with van der Waals surface area (Å²) in [6.45, 7) is 2.03. The van der Waals surface area contributed by atoms with Crippen LogP contribution in [-0.4, -0.2) is 43.2 Å². The number of hydrogen-bond donors (Lipinski definition) is 2. The van der Waals surface area contributed by atoms with E-state index in [1.54, 1.807) is 0 Å². The molecular weight excluding hydrogens is 262 g/mol. The average Bonchev–Trinajstić information content (AvgIpc) is 2.61. The molecule has 0 saturated carbocycles. The van der Waals surface area contributed by atoms with E-state index in [1.165, 1.54) is 5.56 Å². The molecule has 1 aromatic rings. The monoisotopic (exact) mass is 283 g/mol. The summed E-state index contributed by atoms with van der Waals surface area (Å²) in [4.78, 5) is 0. The second kappa shape index (κ2) is 6.03. The van der Waals surface area contributed by atoms with Crippen LogP contribution in [0.1, 0.15) is 18.9 Å². The highest BCUT2D eigenvalue weighted by atomic mass is 32.2. The van der Waals surface area contributed by atoms with Crippen molar-refractivity contribution in [2.75, 3.05) is 11.5 Å². The molecule has 3 atom stereocenters. The Morgan fingerprint density at radius 2 is 2.00 bits per heavy atom. The Morgan fingerprint density at radius 3 is 2.58 bits per heavy atom. The van der Waals surface area contributed by atoms with Gasteiger partial charge in [-0.15, -0.1) is 0 Å². The molecule has 0 aromatic heterocycles. The number of aliphatic hydroxyl groups excluding tert-OH is 1. The quantitative estimate of drug-likeness (QED) is 0.837. The molecule has 2 rings (SSSR count). The zero-order valence-corrected chi connectivity index (χ0v) is 11.9. The number of nitrogens with one attached hydrogen (secondary N) is 1. The Labute approximate surface area is 114 Å². The summed E-state index contributed by atoms with van der Waals surface area (Å²) < 4.78 is 22.8. The second-order valence-electron chi connectivity index (χ2n) is 5.34. The third kappa shape index (κ3) is 4.30. The minimum atomic E-state index is -3.07. The molecule has 0 bridgehead atoms. The molecule has 1 saturated heterocycles. The van der Waals surface area contributed by atoms with Gasteiger partial charge >= 0.3 is 0 Å². The molecule has 0 amide bonds. The van der Waals surface area contributed by atoms with Crippen LogP contribution < -0.4 is 5.32 Å². The number of aliphatic hydroxyl groups is 1. The third-order valence-corrected chi connectivity index (χ3v) is 5.25. The summed E-state index contributed by atoms with van der Waals surface area (Å²) in [5.74, 6) is -0.0695. The van der Waals surface area contributed by atoms with Crippen molar-refractivity contribution in [3.63, 3.8) is 0 Å². The van der Waals surface area contributed by atoms with Gasteiger partial charge in [-0.3, -0.25) is 0 Å². The summed E-state index contributed by atoms with van der Waals surface area (Å²) in [6.07, 6.45) is 1.10. The van der Waals surface area contributed by atoms with Crippen LogP contribution in [0.15, 0.2) is 30.3 Å². The predicted molar refractivity (Wildman–Crippen MR) is 75.8 cm³/mol. The van der Waals surface area contributed by atoms with Crippen LogP contribution in [0.2, 0.25) is 0 Å². The molecule has 0 spiro atoms. The Morgan fingerprint density at radius 1 is 1.32 bits per heavy atom. The summed E-state index contributed by atoms with van der Waals surface area (Å²) >= 11 is 0. The SMILES string of the molecule is C[C@@H](CCc1ccccc1)N[C@@H]1CS(=O)(=O)C[C@@H]1O. The zero-order valence-electron chi connectivity index (χ0n) is 11.1. The van der Waals surface area contributed by atoms with Gasteiger partial charge < -0.3 is 10.4 Å². The summed E-state index contributed by atoms with van der Waals surface area (Å²) in [6, 6.07) is 10.1. The molecule has 4 nitrogen and oxygen atoms in total. The standard InChI is InChI=1S/C14H21NO3S/c1-11(7-8-12-5-3-2-4-6-12)15-13-9-19(17,18)10-14(13)16/h2-6,11,13-16H,7-10H2,1H3/t11-,13+,14-/m0/s1. The molecule has 0 radical (unpaired) electrons. The zero-order chi connectivity index (χ0) is 13.9. The molecule has 5 heteroatoms. The van der Waals surface area contributed by atoms with Gasteiger partial charge in [-0.05, 0) is 25.3 Å². The molecule has 0 aliphatic carbocycles. The molecule has 19 heavy (non-hydrogen) atoms. The maximum absolute atomic E-state index is 11.4. The highest BCUT2D eigenvalue weighted by Crippen LogP contribution is 2.14. The van der Waals surface area contributed by atoms with Crippen molar-refractivity contribution in [1.82, 2.24) is 5.32 Å². The van der Waals surface area contributed by atoms with Crippen molar-refractivity contribution in [3.05, 3.63) is 35.9 Å². The smallest absolute Gasteiger partial charge is 0.154 e. The first-order chi connectivity index (χ1) is 8.96. The van der Waals surface area contributed by atoms with Crippen LogP contribution in [-0.2, 0) is 16.3 Å². The maximum Gasteiger partial charge on any atom is 0.154 e. The van der Waals surface area contributed by atoms with E-state index in [0.29, 0.717) is 0 Å². The van der Waals surface area contributed by atoms with Gasteiger partial charge in [0.1, 0.15) is 0 Å². The van der Waals surface area contributed by atoms with Gasteiger partial charge in [0.25, 0.3) is 0 Å². The first kappa shape index (κ1) is 14.5. The van der Waals surface area contributed by atoms with E-state index >= 15 is 0 Å². The van der Waals surface area contributed by atoms with E-state index in [4.69, 9.17) is 0 Å². The molecule has 1 aliphatic rings. The maximum atomic E-state index is 11.4. The van der Waals surface area contributed by atoms with Gasteiger partial charge in [-0.1, -0.05) is 30.3 Å². The molecule has 0 unspecified atom stereocenters. The fourth-order valence-corrected chi connectivity index (χ4v) is 4.22. The highest BCUT2D eigenvalue weighted by molar-refractivity contribution is 7.91. The average molecular weight is 283 g/mol. The van der Waals surface area contributed by atoms with Crippen molar-refractivity contribution in [3.8, 4) is 0 Å². The van der Waals surface area contributed by atoms with Crippen molar-refractivity contribution in [1.29, 1.82) is 0 Å². The van der Waals surface area contributed by atoms with Crippen LogP contribution in [0, 0.1) is 0 Å². The molecule has 1 heterocycles. The lowest BCUT2D eigenvalue weighted by Gasteiger charge is -2.21. The lowest BCUT2D eigenvalue weighted by Crippen LogP contribution is -2.44. The van der Waals surface area contributed by atoms with Crippen LogP contribution in [0.4, 0.5) is 0 Å². The topological polar surface area (TPSA) is 66.4 Å². The summed E-state index contributed by atoms with van der Waals surface area (Å²) in [5.41, 5.74) is 1.27. The number of benzene rings is 1. The van der Waals surface area contributed by atoms with E-state index in [-0.39, 0.29) is 23.6 Å². The fourth-order valence-electron chi connectivity index (χ4n) is 2.46. The summed E-state index contributed by atoms with van der Waals surface area (Å²) in [7, 11) is -3.07. The molecule has 106 valence electrons. The molecular formula is C14H21NO3S. The van der Waals surface area contributed by atoms with Crippen LogP contribution in [0.3, 0.4) is 0 Å². The number of aryl methyl sites for hydroxylation is 1. The van der Waals surface area contributed by atoms with E-state index in [0.717, 1.165) is 12.8 Å². The second-order valence-corrected chi connectivity index (χ2v) is 7.50. The van der Waals surface area contributed by atoms with Gasteiger partial charge in [-0.2, -0.15) is 0 Å². The summed E-state index contributed by atoms with van der Waals surface area (Å²) in [5, 5.41) is 12.9. The van der Waals surface area contributed by atoms with Crippen LogP contribution >= 0.6 is 0 Å². The van der Waals surface area contributed by atoms with Gasteiger partial charge in [0.15, 0.2) is 9.84 Å². The Hall–Kier alpha value is -0.910. The van der Waals surface area contributed by atoms with Crippen molar-refractivity contribution >= 4 is 9.84 Å². The Kier molecular flexibility index (Phi) is 4.60. The lowest BCUT2D eigenvalue weighted by molar-refractivity contribution is 0.159. The lowest BCUT2D eigenvalue weighted by atomic mass is 10.1. The number of sulfone groups is 1. The minimum Gasteiger partial charge on any atom is -0.390 e. The van der Waals surface area contributed by atoms with E-state index < -0.39 is 15.9 Å². The van der Waals surface area contributed by atoms with Gasteiger partial charge in [-0.25, -0.2) is 8.42 Å². The number of hydrogen-bond acceptors (Lipinski definition) is 4. The van der Waals surface area contributed by atoms with E-state index in [2.05, 4.69) is 17.4 Å². The Balaban J connectivity index is 1.80. The van der Waals surface area contributed by atoms with Gasteiger partial charge in [0, 0.05) is 12.1 Å². The van der Waals surface area contributed by atoms with E-state index in [1.807, 2.05) is 25.1 Å². The molecule has 1 aliphatic heterocycles. The highest BCUT2D eigenvalue weighted by Gasteiger charge is 2.36. The van der Waals surface area contributed by atoms with Crippen molar-refractivity contribution in [2.24, 2.45) is 0 Å². The largest absolute Gasteiger partial charge is 0.390 e. The number of rotatable bonds is 5.